The van der Waals surface area contributed by atoms with Crippen molar-refractivity contribution in [2.45, 2.75) is 85.7 Å². The summed E-state index contributed by atoms with van der Waals surface area (Å²) in [7, 11) is 0. The fraction of sp³-hybridized carbons (Fsp3) is 0.895. The molecule has 2 unspecified atom stereocenters. The molecule has 0 radical (unpaired) electrons. The molecule has 0 aromatic carbocycles. The number of rotatable bonds is 14. The van der Waals surface area contributed by atoms with Crippen LogP contribution in [0.25, 0.3) is 0 Å². The van der Waals surface area contributed by atoms with Crippen molar-refractivity contribution in [1.82, 2.24) is 19.9 Å². The average Bonchev–Trinajstić information content (AvgIpc) is 3.07. The zero-order valence-corrected chi connectivity index (χ0v) is 15.9. The van der Waals surface area contributed by atoms with Crippen molar-refractivity contribution in [2.75, 3.05) is 13.1 Å². The fourth-order valence-electron chi connectivity index (χ4n) is 3.27. The van der Waals surface area contributed by atoms with Crippen molar-refractivity contribution in [3.8, 4) is 0 Å². The van der Waals surface area contributed by atoms with E-state index in [9.17, 15) is 0 Å². The number of hydrogen-bond donors (Lipinski definition) is 0. The topological polar surface area (TPSA) is 34.0 Å². The van der Waals surface area contributed by atoms with Crippen LogP contribution in [0, 0.1) is 11.8 Å². The second-order valence-electron chi connectivity index (χ2n) is 6.95. The Balaban J connectivity index is 2.62. The van der Waals surface area contributed by atoms with Crippen molar-refractivity contribution in [3.05, 3.63) is 12.4 Å². The molecule has 0 spiro atoms. The summed E-state index contributed by atoms with van der Waals surface area (Å²) in [4.78, 5) is 2.61. The first kappa shape index (κ1) is 20.1. The Hall–Kier alpha value is -0.900. The van der Waals surface area contributed by atoms with Gasteiger partial charge >= 0.3 is 0 Å². The zero-order chi connectivity index (χ0) is 16.9. The molecule has 1 aromatic heterocycles. The smallest absolute Gasteiger partial charge is 0.0946 e. The third kappa shape index (κ3) is 8.50. The Bertz CT molecular complexity index is 345. The van der Waals surface area contributed by atoms with E-state index in [4.69, 9.17) is 0 Å². The third-order valence-electron chi connectivity index (χ3n) is 4.94. The second kappa shape index (κ2) is 12.5. The summed E-state index contributed by atoms with van der Waals surface area (Å²) in [6, 6.07) is 0. The fourth-order valence-corrected chi connectivity index (χ4v) is 3.27. The van der Waals surface area contributed by atoms with Crippen LogP contribution in [-0.4, -0.2) is 33.0 Å². The van der Waals surface area contributed by atoms with Crippen LogP contribution in [0.3, 0.4) is 0 Å². The Morgan fingerprint density at radius 2 is 1.48 bits per heavy atom. The van der Waals surface area contributed by atoms with Crippen LogP contribution in [0.4, 0.5) is 0 Å². The lowest BCUT2D eigenvalue weighted by Gasteiger charge is -2.30. The molecule has 0 amide bonds. The molecule has 0 aliphatic heterocycles. The van der Waals surface area contributed by atoms with Crippen molar-refractivity contribution < 1.29 is 0 Å². The predicted octanol–water partition coefficient (Wildman–Crippen LogP) is 4.97. The minimum absolute atomic E-state index is 0.808. The quantitative estimate of drug-likeness (QED) is 0.485. The van der Waals surface area contributed by atoms with E-state index in [0.29, 0.717) is 0 Å². The van der Waals surface area contributed by atoms with E-state index in [2.05, 4.69) is 42.9 Å². The Morgan fingerprint density at radius 3 is 1.87 bits per heavy atom. The number of nitrogens with zero attached hydrogens (tertiary/aromatic N) is 4. The predicted molar refractivity (Wildman–Crippen MR) is 98.2 cm³/mol. The van der Waals surface area contributed by atoms with E-state index < -0.39 is 0 Å². The maximum absolute atomic E-state index is 4.17. The van der Waals surface area contributed by atoms with E-state index in [0.717, 1.165) is 18.5 Å². The number of hydrogen-bond acceptors (Lipinski definition) is 3. The van der Waals surface area contributed by atoms with Crippen LogP contribution in [0.2, 0.25) is 0 Å². The highest BCUT2D eigenvalue weighted by Crippen LogP contribution is 2.19. The molecule has 0 saturated heterocycles. The highest BCUT2D eigenvalue weighted by atomic mass is 15.5. The van der Waals surface area contributed by atoms with Crippen LogP contribution in [0.1, 0.15) is 79.1 Å². The van der Waals surface area contributed by atoms with Gasteiger partial charge in [-0.3, -0.25) is 4.90 Å². The van der Waals surface area contributed by atoms with Crippen LogP contribution in [0.5, 0.6) is 0 Å². The van der Waals surface area contributed by atoms with Crippen LogP contribution < -0.4 is 0 Å². The molecule has 0 fully saturated rings. The van der Waals surface area contributed by atoms with Gasteiger partial charge in [-0.15, -0.1) is 5.10 Å². The zero-order valence-electron chi connectivity index (χ0n) is 15.9. The van der Waals surface area contributed by atoms with Crippen LogP contribution >= 0.6 is 0 Å². The van der Waals surface area contributed by atoms with Gasteiger partial charge in [0.05, 0.1) is 12.9 Å². The molecule has 0 aliphatic rings. The van der Waals surface area contributed by atoms with Crippen molar-refractivity contribution in [2.24, 2.45) is 11.8 Å². The van der Waals surface area contributed by atoms with E-state index in [1.54, 1.807) is 6.20 Å². The highest BCUT2D eigenvalue weighted by Gasteiger charge is 2.17. The minimum atomic E-state index is 0.808. The van der Waals surface area contributed by atoms with Gasteiger partial charge in [0, 0.05) is 19.3 Å². The Labute approximate surface area is 143 Å². The minimum Gasteiger partial charge on any atom is -0.284 e. The molecule has 0 aliphatic carbocycles. The highest BCUT2D eigenvalue weighted by molar-refractivity contribution is 4.71. The van der Waals surface area contributed by atoms with Gasteiger partial charge in [-0.05, 0) is 24.7 Å². The Kier molecular flexibility index (Phi) is 11.0. The van der Waals surface area contributed by atoms with Gasteiger partial charge in [-0.25, -0.2) is 4.68 Å². The molecule has 4 nitrogen and oxygen atoms in total. The third-order valence-corrected chi connectivity index (χ3v) is 4.94. The molecule has 4 heteroatoms. The van der Waals surface area contributed by atoms with Crippen LogP contribution in [0.15, 0.2) is 12.4 Å². The molecule has 0 N–H and O–H groups in total. The summed E-state index contributed by atoms with van der Waals surface area (Å²) in [6.45, 7) is 12.5. The lowest BCUT2D eigenvalue weighted by Crippen LogP contribution is -2.35. The molecule has 1 aromatic rings. The van der Waals surface area contributed by atoms with Gasteiger partial charge in [0.1, 0.15) is 0 Å². The largest absolute Gasteiger partial charge is 0.284 e. The van der Waals surface area contributed by atoms with E-state index in [1.807, 2.05) is 10.9 Å². The molecule has 1 rings (SSSR count). The maximum atomic E-state index is 4.17. The molecule has 2 atom stereocenters. The average molecular weight is 323 g/mol. The van der Waals surface area contributed by atoms with Gasteiger partial charge in [-0.1, -0.05) is 71.4 Å². The van der Waals surface area contributed by atoms with Gasteiger partial charge in [-0.2, -0.15) is 0 Å². The number of unbranched alkanes of at least 4 members (excludes halogenated alkanes) is 2. The van der Waals surface area contributed by atoms with Gasteiger partial charge < -0.3 is 0 Å². The monoisotopic (exact) mass is 322 g/mol. The first-order valence-electron chi connectivity index (χ1n) is 9.79. The maximum Gasteiger partial charge on any atom is 0.0946 e. The van der Waals surface area contributed by atoms with Gasteiger partial charge in [0.15, 0.2) is 0 Å². The molecule has 0 saturated carbocycles. The van der Waals surface area contributed by atoms with Gasteiger partial charge in [0.2, 0.25) is 0 Å². The van der Waals surface area contributed by atoms with Crippen molar-refractivity contribution >= 4 is 0 Å². The molecule has 1 heterocycles. The molecule has 0 bridgehead atoms. The summed E-state index contributed by atoms with van der Waals surface area (Å²) >= 11 is 0. The SMILES string of the molecule is CCCCC(CC)CN(CC(CC)CCCC)Cn1ccnn1. The molecular formula is C19H38N4. The summed E-state index contributed by atoms with van der Waals surface area (Å²) < 4.78 is 1.97. The normalized spacial score (nSPS) is 14.3. The first-order chi connectivity index (χ1) is 11.2. The van der Waals surface area contributed by atoms with Crippen molar-refractivity contribution in [3.63, 3.8) is 0 Å². The van der Waals surface area contributed by atoms with E-state index in [-0.39, 0.29) is 0 Å². The molecular weight excluding hydrogens is 284 g/mol. The second-order valence-corrected chi connectivity index (χ2v) is 6.95. The van der Waals surface area contributed by atoms with E-state index in [1.165, 1.54) is 64.5 Å². The van der Waals surface area contributed by atoms with Gasteiger partial charge in [0.25, 0.3) is 0 Å². The molecule has 23 heavy (non-hydrogen) atoms. The van der Waals surface area contributed by atoms with Crippen molar-refractivity contribution in [1.29, 1.82) is 0 Å². The number of aromatic nitrogens is 3. The standard InChI is InChI=1S/C19H38N4/c1-5-9-11-18(7-3)15-22(17-23-14-13-20-21-23)16-19(8-4)12-10-6-2/h13-14,18-19H,5-12,15-17H2,1-4H3. The van der Waals surface area contributed by atoms with Crippen LogP contribution in [-0.2, 0) is 6.67 Å². The summed E-state index contributed by atoms with van der Waals surface area (Å²) in [6.07, 6.45) is 14.3. The lowest BCUT2D eigenvalue weighted by molar-refractivity contribution is 0.137. The Morgan fingerprint density at radius 1 is 0.913 bits per heavy atom. The first-order valence-corrected chi connectivity index (χ1v) is 9.79. The van der Waals surface area contributed by atoms with E-state index >= 15 is 0 Å². The summed E-state index contributed by atoms with van der Waals surface area (Å²) in [5, 5.41) is 8.13. The summed E-state index contributed by atoms with van der Waals surface area (Å²) in [5.74, 6) is 1.62. The summed E-state index contributed by atoms with van der Waals surface area (Å²) in [5.41, 5.74) is 0. The molecule has 134 valence electrons. The lowest BCUT2D eigenvalue weighted by atomic mass is 9.96.